The standard InChI is InChI=1S/C12H8OS4/c1-2-4-9(5-3-1)13-10-8-16-12(17-10)11-14-6-7-15-11/h1-8H. The quantitative estimate of drug-likeness (QED) is 0.718. The first kappa shape index (κ1) is 11.7. The molecule has 0 atom stereocenters. The number of ether oxygens (including phenoxy) is 1. The first-order valence-corrected chi connectivity index (χ1v) is 8.37. The van der Waals surface area contributed by atoms with Gasteiger partial charge in [-0.15, -0.1) is 0 Å². The van der Waals surface area contributed by atoms with Crippen LogP contribution in [0.1, 0.15) is 0 Å². The largest absolute Gasteiger partial charge is 0.450 e. The van der Waals surface area contributed by atoms with Gasteiger partial charge >= 0.3 is 0 Å². The van der Waals surface area contributed by atoms with E-state index in [-0.39, 0.29) is 0 Å². The SMILES string of the molecule is C1=CSC(=C2SC=C(Oc3ccccc3)S2)S1. The lowest BCUT2D eigenvalue weighted by Crippen LogP contribution is -1.87. The molecule has 0 unspecified atom stereocenters. The Hall–Kier alpha value is -0.360. The minimum Gasteiger partial charge on any atom is -0.450 e. The molecule has 86 valence electrons. The van der Waals surface area contributed by atoms with Crippen LogP contribution in [-0.2, 0) is 0 Å². The van der Waals surface area contributed by atoms with E-state index in [4.69, 9.17) is 4.74 Å². The Kier molecular flexibility index (Phi) is 3.80. The van der Waals surface area contributed by atoms with E-state index in [1.165, 1.54) is 8.47 Å². The van der Waals surface area contributed by atoms with Gasteiger partial charge < -0.3 is 4.74 Å². The molecule has 2 heterocycles. The van der Waals surface area contributed by atoms with E-state index in [0.29, 0.717) is 0 Å². The molecule has 0 aliphatic carbocycles. The molecule has 0 spiro atoms. The van der Waals surface area contributed by atoms with E-state index in [0.717, 1.165) is 10.8 Å². The van der Waals surface area contributed by atoms with Crippen LogP contribution >= 0.6 is 47.0 Å². The van der Waals surface area contributed by atoms with E-state index in [9.17, 15) is 0 Å². The second-order valence-corrected chi connectivity index (χ2v) is 7.40. The fraction of sp³-hybridized carbons (Fsp3) is 0. The van der Waals surface area contributed by atoms with Crippen LogP contribution in [0.2, 0.25) is 0 Å². The van der Waals surface area contributed by atoms with Gasteiger partial charge in [0.1, 0.15) is 5.75 Å². The van der Waals surface area contributed by atoms with E-state index < -0.39 is 0 Å². The topological polar surface area (TPSA) is 9.23 Å². The Balaban J connectivity index is 1.66. The molecule has 0 fully saturated rings. The van der Waals surface area contributed by atoms with Crippen molar-refractivity contribution in [1.29, 1.82) is 0 Å². The second-order valence-electron chi connectivity index (χ2n) is 3.15. The fourth-order valence-corrected chi connectivity index (χ4v) is 5.51. The third kappa shape index (κ3) is 2.91. The van der Waals surface area contributed by atoms with Crippen molar-refractivity contribution in [3.63, 3.8) is 0 Å². The maximum atomic E-state index is 5.80. The van der Waals surface area contributed by atoms with Gasteiger partial charge in [0.15, 0.2) is 5.09 Å². The highest BCUT2D eigenvalue weighted by Gasteiger charge is 2.19. The summed E-state index contributed by atoms with van der Waals surface area (Å²) in [5.74, 6) is 0.892. The predicted octanol–water partition coefficient (Wildman–Crippen LogP) is 5.42. The minimum atomic E-state index is 0.892. The molecule has 3 rings (SSSR count). The van der Waals surface area contributed by atoms with Gasteiger partial charge in [0, 0.05) is 5.41 Å². The Morgan fingerprint density at radius 2 is 1.59 bits per heavy atom. The van der Waals surface area contributed by atoms with Crippen molar-refractivity contribution >= 4 is 47.0 Å². The highest BCUT2D eigenvalue weighted by Crippen LogP contribution is 2.53. The molecule has 0 aromatic heterocycles. The average molecular weight is 296 g/mol. The van der Waals surface area contributed by atoms with Gasteiger partial charge in [-0.05, 0) is 34.7 Å². The zero-order valence-electron chi connectivity index (χ0n) is 8.66. The number of hydrogen-bond donors (Lipinski definition) is 0. The Labute approximate surface area is 117 Å². The summed E-state index contributed by atoms with van der Waals surface area (Å²) in [6, 6.07) is 9.89. The van der Waals surface area contributed by atoms with Crippen molar-refractivity contribution in [2.45, 2.75) is 0 Å². The van der Waals surface area contributed by atoms with Crippen LogP contribution in [0.25, 0.3) is 0 Å². The lowest BCUT2D eigenvalue weighted by molar-refractivity contribution is 0.468. The zero-order valence-corrected chi connectivity index (χ0v) is 11.9. The summed E-state index contributed by atoms with van der Waals surface area (Å²) in [7, 11) is 0. The number of benzene rings is 1. The molecule has 17 heavy (non-hydrogen) atoms. The van der Waals surface area contributed by atoms with Crippen molar-refractivity contribution in [2.75, 3.05) is 0 Å². The maximum absolute atomic E-state index is 5.80. The molecule has 0 amide bonds. The van der Waals surface area contributed by atoms with Crippen LogP contribution in [0.4, 0.5) is 0 Å². The van der Waals surface area contributed by atoms with Gasteiger partial charge in [-0.25, -0.2) is 0 Å². The summed E-state index contributed by atoms with van der Waals surface area (Å²) < 4.78 is 8.46. The monoisotopic (exact) mass is 296 g/mol. The molecular weight excluding hydrogens is 288 g/mol. The molecule has 0 saturated carbocycles. The first-order valence-electron chi connectivity index (χ1n) is 4.92. The van der Waals surface area contributed by atoms with Crippen LogP contribution in [0.5, 0.6) is 5.75 Å². The van der Waals surface area contributed by atoms with Crippen LogP contribution in [-0.4, -0.2) is 0 Å². The van der Waals surface area contributed by atoms with E-state index in [1.54, 1.807) is 47.0 Å². The Morgan fingerprint density at radius 3 is 2.35 bits per heavy atom. The molecule has 0 bridgehead atoms. The summed E-state index contributed by atoms with van der Waals surface area (Å²) in [4.78, 5) is 0. The molecule has 0 radical (unpaired) electrons. The maximum Gasteiger partial charge on any atom is 0.172 e. The van der Waals surface area contributed by atoms with Crippen molar-refractivity contribution in [2.24, 2.45) is 0 Å². The van der Waals surface area contributed by atoms with Gasteiger partial charge in [0.25, 0.3) is 0 Å². The highest BCUT2D eigenvalue weighted by atomic mass is 32.2. The molecule has 0 saturated heterocycles. The molecule has 2 aliphatic rings. The van der Waals surface area contributed by atoms with E-state index in [1.807, 2.05) is 30.3 Å². The second kappa shape index (κ2) is 5.52. The third-order valence-electron chi connectivity index (χ3n) is 1.99. The van der Waals surface area contributed by atoms with Gasteiger partial charge in [0.05, 0.1) is 8.47 Å². The molecule has 1 aromatic rings. The molecular formula is C12H8OS4. The normalized spacial score (nSPS) is 18.7. The smallest absolute Gasteiger partial charge is 0.172 e. The van der Waals surface area contributed by atoms with Gasteiger partial charge in [-0.2, -0.15) is 0 Å². The summed E-state index contributed by atoms with van der Waals surface area (Å²) in [5.41, 5.74) is 0. The molecule has 1 nitrogen and oxygen atoms in total. The number of hydrogen-bond acceptors (Lipinski definition) is 5. The molecule has 1 aromatic carbocycles. The van der Waals surface area contributed by atoms with Crippen LogP contribution in [0.15, 0.2) is 60.1 Å². The predicted molar refractivity (Wildman–Crippen MR) is 81.7 cm³/mol. The summed E-state index contributed by atoms with van der Waals surface area (Å²) >= 11 is 7.00. The first-order chi connectivity index (χ1) is 8.42. The molecule has 0 N–H and O–H groups in total. The van der Waals surface area contributed by atoms with E-state index in [2.05, 4.69) is 16.2 Å². The zero-order chi connectivity index (χ0) is 11.5. The summed E-state index contributed by atoms with van der Waals surface area (Å²) in [6.07, 6.45) is 0. The fourth-order valence-electron chi connectivity index (χ4n) is 1.28. The van der Waals surface area contributed by atoms with Crippen LogP contribution in [0, 0.1) is 0 Å². The lowest BCUT2D eigenvalue weighted by atomic mass is 10.3. The van der Waals surface area contributed by atoms with Gasteiger partial charge in [-0.1, -0.05) is 53.5 Å². The van der Waals surface area contributed by atoms with Crippen molar-refractivity contribution in [3.05, 3.63) is 60.1 Å². The third-order valence-corrected chi connectivity index (χ3v) is 6.87. The van der Waals surface area contributed by atoms with Gasteiger partial charge in [-0.3, -0.25) is 0 Å². The minimum absolute atomic E-state index is 0.892. The van der Waals surface area contributed by atoms with Crippen molar-refractivity contribution in [1.82, 2.24) is 0 Å². The average Bonchev–Trinajstić information content (AvgIpc) is 3.00. The number of para-hydroxylation sites is 1. The highest BCUT2D eigenvalue weighted by molar-refractivity contribution is 8.33. The molecule has 5 heteroatoms. The Morgan fingerprint density at radius 1 is 0.824 bits per heavy atom. The van der Waals surface area contributed by atoms with Crippen molar-refractivity contribution < 1.29 is 4.74 Å². The van der Waals surface area contributed by atoms with Crippen molar-refractivity contribution in [3.8, 4) is 5.75 Å². The Bertz CT molecular complexity index is 494. The summed E-state index contributed by atoms with van der Waals surface area (Å²) in [6.45, 7) is 0. The molecule has 2 aliphatic heterocycles. The van der Waals surface area contributed by atoms with Crippen LogP contribution < -0.4 is 4.74 Å². The number of thioether (sulfide) groups is 4. The van der Waals surface area contributed by atoms with Gasteiger partial charge in [0.2, 0.25) is 0 Å². The van der Waals surface area contributed by atoms with Crippen LogP contribution in [0.3, 0.4) is 0 Å². The lowest BCUT2D eigenvalue weighted by Gasteiger charge is -2.05. The number of rotatable bonds is 2. The van der Waals surface area contributed by atoms with E-state index >= 15 is 0 Å². The summed E-state index contributed by atoms with van der Waals surface area (Å²) in [5, 5.41) is 7.25.